The van der Waals surface area contributed by atoms with Crippen LogP contribution in [0.2, 0.25) is 0 Å². The lowest BCUT2D eigenvalue weighted by Crippen LogP contribution is -2.13. The van der Waals surface area contributed by atoms with E-state index in [0.29, 0.717) is 11.5 Å². The summed E-state index contributed by atoms with van der Waals surface area (Å²) in [4.78, 5) is 0. The van der Waals surface area contributed by atoms with Gasteiger partial charge in [-0.3, -0.25) is 0 Å². The molecule has 2 aromatic carbocycles. The van der Waals surface area contributed by atoms with E-state index >= 15 is 0 Å². The van der Waals surface area contributed by atoms with Crippen molar-refractivity contribution in [3.63, 3.8) is 0 Å². The number of nitrogens with zero attached hydrogens (tertiary/aromatic N) is 4. The fraction of sp³-hybridized carbons (Fsp3) is 0.190. The Morgan fingerprint density at radius 1 is 0.889 bits per heavy atom. The number of rotatable bonds is 7. The molecule has 1 unspecified atom stereocenters. The molecule has 0 fully saturated rings. The molecule has 0 saturated carbocycles. The minimum atomic E-state index is 0.0694. The molecule has 0 amide bonds. The second-order valence-electron chi connectivity index (χ2n) is 6.35. The number of aliphatic hydroxyl groups excluding tert-OH is 1. The van der Waals surface area contributed by atoms with Crippen LogP contribution < -0.4 is 5.32 Å². The topological polar surface area (TPSA) is 75.3 Å². The van der Waals surface area contributed by atoms with E-state index in [1.54, 1.807) is 4.52 Å². The van der Waals surface area contributed by atoms with Gasteiger partial charge in [0, 0.05) is 12.2 Å². The molecule has 0 bridgehead atoms. The van der Waals surface area contributed by atoms with E-state index in [-0.39, 0.29) is 12.6 Å². The molecule has 6 nitrogen and oxygen atoms in total. The zero-order chi connectivity index (χ0) is 18.5. The fourth-order valence-electron chi connectivity index (χ4n) is 3.11. The van der Waals surface area contributed by atoms with Gasteiger partial charge in [-0.15, -0.1) is 15.3 Å². The first kappa shape index (κ1) is 17.2. The summed E-state index contributed by atoms with van der Waals surface area (Å²) in [5, 5.41) is 25.9. The molecular weight excluding hydrogens is 338 g/mol. The second kappa shape index (κ2) is 7.97. The molecule has 0 aliphatic rings. The monoisotopic (exact) mass is 359 g/mol. The minimum absolute atomic E-state index is 0.0694. The van der Waals surface area contributed by atoms with Crippen molar-refractivity contribution >= 4 is 11.5 Å². The van der Waals surface area contributed by atoms with E-state index in [1.807, 2.05) is 60.7 Å². The molecule has 2 heterocycles. The van der Waals surface area contributed by atoms with Crippen LogP contribution >= 0.6 is 0 Å². The lowest BCUT2D eigenvalue weighted by Gasteiger charge is -2.19. The summed E-state index contributed by atoms with van der Waals surface area (Å²) in [5.74, 6) is 1.45. The zero-order valence-corrected chi connectivity index (χ0v) is 14.9. The Hall–Kier alpha value is -3.25. The first-order chi connectivity index (χ1) is 13.3. The van der Waals surface area contributed by atoms with E-state index < -0.39 is 0 Å². The van der Waals surface area contributed by atoms with Gasteiger partial charge in [0.25, 0.3) is 0 Å². The van der Waals surface area contributed by atoms with Crippen molar-refractivity contribution in [1.29, 1.82) is 0 Å². The highest BCUT2D eigenvalue weighted by Crippen LogP contribution is 2.24. The zero-order valence-electron chi connectivity index (χ0n) is 14.9. The summed E-state index contributed by atoms with van der Waals surface area (Å²) < 4.78 is 1.76. The van der Waals surface area contributed by atoms with Gasteiger partial charge in [0.15, 0.2) is 11.5 Å². The minimum Gasteiger partial charge on any atom is -0.396 e. The van der Waals surface area contributed by atoms with Crippen molar-refractivity contribution in [3.8, 4) is 11.4 Å². The predicted octanol–water partition coefficient (Wildman–Crippen LogP) is 3.72. The van der Waals surface area contributed by atoms with Crippen LogP contribution in [0.25, 0.3) is 17.0 Å². The molecule has 2 aromatic heterocycles. The van der Waals surface area contributed by atoms with E-state index in [9.17, 15) is 5.11 Å². The van der Waals surface area contributed by atoms with E-state index in [1.165, 1.54) is 5.56 Å². The average Bonchev–Trinajstić information content (AvgIpc) is 3.15. The first-order valence-corrected chi connectivity index (χ1v) is 9.05. The molecule has 27 heavy (non-hydrogen) atoms. The number of aromatic nitrogens is 4. The number of fused-ring (bicyclic) bond motifs is 1. The molecule has 6 heteroatoms. The third kappa shape index (κ3) is 3.80. The largest absolute Gasteiger partial charge is 0.396 e. The first-order valence-electron chi connectivity index (χ1n) is 9.05. The Bertz CT molecular complexity index is 1000. The molecule has 4 rings (SSSR count). The van der Waals surface area contributed by atoms with Gasteiger partial charge in [-0.2, -0.15) is 4.52 Å². The van der Waals surface area contributed by atoms with Crippen molar-refractivity contribution < 1.29 is 5.11 Å². The second-order valence-corrected chi connectivity index (χ2v) is 6.35. The Balaban J connectivity index is 1.66. The number of anilines is 1. The Kier molecular flexibility index (Phi) is 5.07. The Labute approximate surface area is 157 Å². The highest BCUT2D eigenvalue weighted by Gasteiger charge is 2.14. The lowest BCUT2D eigenvalue weighted by molar-refractivity contribution is 0.281. The molecule has 1 atom stereocenters. The summed E-state index contributed by atoms with van der Waals surface area (Å²) in [7, 11) is 0. The standard InChI is InChI=1S/C21H21N5O/c27-15-7-12-18(16-8-3-1-4-9-16)22-19-13-14-20-23-24-21(26(20)25-19)17-10-5-2-6-11-17/h1-6,8-11,13-14,18,27H,7,12,15H2,(H,22,25). The number of aliphatic hydroxyl groups is 1. The van der Waals surface area contributed by atoms with E-state index in [2.05, 4.69) is 27.6 Å². The normalized spacial score (nSPS) is 12.2. The van der Waals surface area contributed by atoms with Crippen LogP contribution in [-0.2, 0) is 0 Å². The summed E-state index contributed by atoms with van der Waals surface area (Å²) in [6.45, 7) is 0.168. The average molecular weight is 359 g/mol. The van der Waals surface area contributed by atoms with Gasteiger partial charge in [0.1, 0.15) is 5.82 Å². The number of benzene rings is 2. The third-order valence-electron chi connectivity index (χ3n) is 4.47. The van der Waals surface area contributed by atoms with Gasteiger partial charge in [0.05, 0.1) is 6.04 Å². The van der Waals surface area contributed by atoms with Gasteiger partial charge in [0.2, 0.25) is 0 Å². The number of hydrogen-bond acceptors (Lipinski definition) is 5. The van der Waals surface area contributed by atoms with Crippen LogP contribution in [0.5, 0.6) is 0 Å². The molecule has 0 saturated heterocycles. The molecule has 0 spiro atoms. The maximum atomic E-state index is 9.24. The summed E-state index contributed by atoms with van der Waals surface area (Å²) >= 11 is 0. The predicted molar refractivity (Wildman–Crippen MR) is 105 cm³/mol. The summed E-state index contributed by atoms with van der Waals surface area (Å²) in [6.07, 6.45) is 1.53. The molecule has 0 radical (unpaired) electrons. The number of hydrogen-bond donors (Lipinski definition) is 2. The maximum absolute atomic E-state index is 9.24. The van der Waals surface area contributed by atoms with Crippen LogP contribution in [0.4, 0.5) is 5.82 Å². The highest BCUT2D eigenvalue weighted by molar-refractivity contribution is 5.59. The van der Waals surface area contributed by atoms with Crippen molar-refractivity contribution in [1.82, 2.24) is 19.8 Å². The SMILES string of the molecule is OCCCC(Nc1ccc2nnc(-c3ccccc3)n2n1)c1ccccc1. The Morgan fingerprint density at radius 3 is 2.37 bits per heavy atom. The molecule has 4 aromatic rings. The lowest BCUT2D eigenvalue weighted by atomic mass is 10.0. The van der Waals surface area contributed by atoms with Crippen molar-refractivity contribution in [3.05, 3.63) is 78.4 Å². The van der Waals surface area contributed by atoms with E-state index in [4.69, 9.17) is 5.10 Å². The van der Waals surface area contributed by atoms with Gasteiger partial charge in [-0.05, 0) is 30.5 Å². The molecular formula is C21H21N5O. The quantitative estimate of drug-likeness (QED) is 0.526. The summed E-state index contributed by atoms with van der Waals surface area (Å²) in [6, 6.07) is 24.0. The summed E-state index contributed by atoms with van der Waals surface area (Å²) in [5.41, 5.74) is 2.83. The molecule has 0 aliphatic carbocycles. The van der Waals surface area contributed by atoms with Crippen LogP contribution in [0, 0.1) is 0 Å². The third-order valence-corrected chi connectivity index (χ3v) is 4.47. The molecule has 136 valence electrons. The van der Waals surface area contributed by atoms with E-state index in [0.717, 1.165) is 24.2 Å². The van der Waals surface area contributed by atoms with Crippen molar-refractivity contribution in [2.75, 3.05) is 11.9 Å². The highest BCUT2D eigenvalue weighted by atomic mass is 16.2. The van der Waals surface area contributed by atoms with Crippen LogP contribution in [0.15, 0.2) is 72.8 Å². The van der Waals surface area contributed by atoms with Gasteiger partial charge in [-0.1, -0.05) is 60.7 Å². The van der Waals surface area contributed by atoms with Crippen LogP contribution in [0.3, 0.4) is 0 Å². The molecule has 2 N–H and O–H groups in total. The molecule has 0 aliphatic heterocycles. The van der Waals surface area contributed by atoms with Gasteiger partial charge >= 0.3 is 0 Å². The van der Waals surface area contributed by atoms with Gasteiger partial charge < -0.3 is 10.4 Å². The maximum Gasteiger partial charge on any atom is 0.185 e. The van der Waals surface area contributed by atoms with Crippen LogP contribution in [-0.4, -0.2) is 31.5 Å². The smallest absolute Gasteiger partial charge is 0.185 e. The Morgan fingerprint density at radius 2 is 1.63 bits per heavy atom. The van der Waals surface area contributed by atoms with Crippen molar-refractivity contribution in [2.45, 2.75) is 18.9 Å². The van der Waals surface area contributed by atoms with Crippen LogP contribution in [0.1, 0.15) is 24.4 Å². The van der Waals surface area contributed by atoms with Crippen molar-refractivity contribution in [2.24, 2.45) is 0 Å². The number of nitrogens with one attached hydrogen (secondary N) is 1. The fourth-order valence-corrected chi connectivity index (χ4v) is 3.11. The van der Waals surface area contributed by atoms with Gasteiger partial charge in [-0.25, -0.2) is 0 Å².